The minimum Gasteiger partial charge on any atom is -0.356 e. The molecule has 1 aromatic carbocycles. The lowest BCUT2D eigenvalue weighted by molar-refractivity contribution is -0.162. The Morgan fingerprint density at radius 1 is 1.38 bits per heavy atom. The van der Waals surface area contributed by atoms with Crippen LogP contribution in [-0.4, -0.2) is 68.6 Å². The molecule has 24 heavy (non-hydrogen) atoms. The third-order valence-electron chi connectivity index (χ3n) is 4.04. The molecule has 6 nitrogen and oxygen atoms in total. The highest BCUT2D eigenvalue weighted by Crippen LogP contribution is 2.30. The van der Waals surface area contributed by atoms with E-state index in [0.29, 0.717) is 11.6 Å². The number of rotatable bonds is 6. The molecular formula is C17H24ClN3O3. The van der Waals surface area contributed by atoms with Crippen molar-refractivity contribution >= 4 is 23.4 Å². The SMILES string of the molecule is CN(C)CCCNC(=O)[C@@H]1OCC(=O)N(C)[C@@H]1c1ccc(Cl)cc1. The quantitative estimate of drug-likeness (QED) is 0.783. The van der Waals surface area contributed by atoms with Gasteiger partial charge in [0.05, 0.1) is 6.04 Å². The highest BCUT2D eigenvalue weighted by molar-refractivity contribution is 6.30. The summed E-state index contributed by atoms with van der Waals surface area (Å²) in [7, 11) is 5.67. The number of halogens is 1. The van der Waals surface area contributed by atoms with E-state index < -0.39 is 12.1 Å². The monoisotopic (exact) mass is 353 g/mol. The van der Waals surface area contributed by atoms with Crippen molar-refractivity contribution in [2.24, 2.45) is 0 Å². The third kappa shape index (κ3) is 4.69. The zero-order valence-electron chi connectivity index (χ0n) is 14.3. The first-order chi connectivity index (χ1) is 11.4. The van der Waals surface area contributed by atoms with Gasteiger partial charge in [-0.3, -0.25) is 9.59 Å². The van der Waals surface area contributed by atoms with E-state index in [-0.39, 0.29) is 18.4 Å². The lowest BCUT2D eigenvalue weighted by Gasteiger charge is -2.38. The van der Waals surface area contributed by atoms with Crippen molar-refractivity contribution in [2.45, 2.75) is 18.6 Å². The van der Waals surface area contributed by atoms with Gasteiger partial charge in [0.15, 0.2) is 6.10 Å². The Hall–Kier alpha value is -1.63. The van der Waals surface area contributed by atoms with E-state index >= 15 is 0 Å². The van der Waals surface area contributed by atoms with Crippen LogP contribution in [0.25, 0.3) is 0 Å². The molecule has 1 fully saturated rings. The van der Waals surface area contributed by atoms with Crippen molar-refractivity contribution in [1.29, 1.82) is 0 Å². The number of hydrogen-bond donors (Lipinski definition) is 1. The lowest BCUT2D eigenvalue weighted by Crippen LogP contribution is -2.53. The molecule has 0 aromatic heterocycles. The number of amides is 2. The predicted octanol–water partition coefficient (Wildman–Crippen LogP) is 1.31. The van der Waals surface area contributed by atoms with Crippen molar-refractivity contribution in [3.8, 4) is 0 Å². The molecule has 0 aliphatic carbocycles. The molecule has 2 rings (SSSR count). The first kappa shape index (κ1) is 18.7. The summed E-state index contributed by atoms with van der Waals surface area (Å²) in [5.74, 6) is -0.348. The predicted molar refractivity (Wildman–Crippen MR) is 92.9 cm³/mol. The Morgan fingerprint density at radius 3 is 2.67 bits per heavy atom. The van der Waals surface area contributed by atoms with E-state index in [9.17, 15) is 9.59 Å². The molecule has 1 heterocycles. The third-order valence-corrected chi connectivity index (χ3v) is 4.29. The fourth-order valence-electron chi connectivity index (χ4n) is 2.70. The van der Waals surface area contributed by atoms with Crippen LogP contribution in [0.5, 0.6) is 0 Å². The zero-order valence-corrected chi connectivity index (χ0v) is 15.0. The minimum absolute atomic E-state index is 0.0869. The topological polar surface area (TPSA) is 61.9 Å². The van der Waals surface area contributed by atoms with Crippen LogP contribution < -0.4 is 5.32 Å². The Balaban J connectivity index is 2.08. The van der Waals surface area contributed by atoms with Gasteiger partial charge in [-0.2, -0.15) is 0 Å². The van der Waals surface area contributed by atoms with Gasteiger partial charge in [0.1, 0.15) is 6.61 Å². The number of hydrogen-bond acceptors (Lipinski definition) is 4. The molecule has 132 valence electrons. The smallest absolute Gasteiger partial charge is 0.251 e. The molecule has 1 aromatic rings. The molecule has 0 unspecified atom stereocenters. The summed E-state index contributed by atoms with van der Waals surface area (Å²) < 4.78 is 5.55. The number of likely N-dealkylation sites (N-methyl/N-ethyl adjacent to an activating group) is 1. The number of carbonyl (C=O) groups excluding carboxylic acids is 2. The number of benzene rings is 1. The van der Waals surface area contributed by atoms with Gasteiger partial charge in [0, 0.05) is 18.6 Å². The summed E-state index contributed by atoms with van der Waals surface area (Å²) in [4.78, 5) is 28.1. The highest BCUT2D eigenvalue weighted by Gasteiger charge is 2.39. The maximum Gasteiger partial charge on any atom is 0.251 e. The molecule has 0 saturated carbocycles. The zero-order chi connectivity index (χ0) is 17.7. The largest absolute Gasteiger partial charge is 0.356 e. The summed E-state index contributed by atoms with van der Waals surface area (Å²) in [6.07, 6.45) is 0.125. The average Bonchev–Trinajstić information content (AvgIpc) is 2.54. The maximum absolute atomic E-state index is 12.5. The van der Waals surface area contributed by atoms with Crippen molar-refractivity contribution < 1.29 is 14.3 Å². The Labute approximate surface area is 147 Å². The second-order valence-corrected chi connectivity index (χ2v) is 6.62. The number of nitrogens with one attached hydrogen (secondary N) is 1. The number of ether oxygens (including phenoxy) is 1. The van der Waals surface area contributed by atoms with Crippen LogP contribution in [0.4, 0.5) is 0 Å². The standard InChI is InChI=1S/C17H24ClN3O3/c1-20(2)10-4-9-19-17(23)16-15(21(3)14(22)11-24-16)12-5-7-13(18)8-6-12/h5-8,15-16H,4,9-11H2,1-3H3,(H,19,23)/t15-,16-/m1/s1. The van der Waals surface area contributed by atoms with Gasteiger partial charge < -0.3 is 19.9 Å². The molecule has 0 radical (unpaired) electrons. The summed E-state index contributed by atoms with van der Waals surface area (Å²) in [5.41, 5.74) is 0.823. The van der Waals surface area contributed by atoms with Gasteiger partial charge in [-0.1, -0.05) is 23.7 Å². The molecular weight excluding hydrogens is 330 g/mol. The number of nitrogens with zero attached hydrogens (tertiary/aromatic N) is 2. The van der Waals surface area contributed by atoms with Gasteiger partial charge >= 0.3 is 0 Å². The van der Waals surface area contributed by atoms with Crippen LogP contribution in [-0.2, 0) is 14.3 Å². The van der Waals surface area contributed by atoms with E-state index in [4.69, 9.17) is 16.3 Å². The Bertz CT molecular complexity index is 577. The van der Waals surface area contributed by atoms with Crippen LogP contribution in [0.1, 0.15) is 18.0 Å². The molecule has 2 atom stereocenters. The fourth-order valence-corrected chi connectivity index (χ4v) is 2.82. The van der Waals surface area contributed by atoms with E-state index in [0.717, 1.165) is 18.5 Å². The van der Waals surface area contributed by atoms with Gasteiger partial charge in [0.25, 0.3) is 5.91 Å². The average molecular weight is 354 g/mol. The van der Waals surface area contributed by atoms with Gasteiger partial charge in [-0.05, 0) is 44.8 Å². The molecule has 7 heteroatoms. The van der Waals surface area contributed by atoms with Crippen molar-refractivity contribution in [1.82, 2.24) is 15.1 Å². The van der Waals surface area contributed by atoms with Gasteiger partial charge in [-0.25, -0.2) is 0 Å². The molecule has 1 aliphatic heterocycles. The van der Waals surface area contributed by atoms with E-state index in [1.165, 1.54) is 0 Å². The van der Waals surface area contributed by atoms with Crippen molar-refractivity contribution in [3.05, 3.63) is 34.9 Å². The maximum atomic E-state index is 12.5. The molecule has 2 amide bonds. The van der Waals surface area contributed by atoms with Crippen molar-refractivity contribution in [2.75, 3.05) is 40.8 Å². The van der Waals surface area contributed by atoms with E-state index in [1.807, 2.05) is 26.2 Å². The Kier molecular flexibility index (Phi) is 6.60. The second-order valence-electron chi connectivity index (χ2n) is 6.18. The second kappa shape index (κ2) is 8.46. The van der Waals surface area contributed by atoms with Crippen LogP contribution in [0.2, 0.25) is 5.02 Å². The highest BCUT2D eigenvalue weighted by atomic mass is 35.5. The molecule has 0 bridgehead atoms. The minimum atomic E-state index is -0.728. The number of carbonyl (C=O) groups is 2. The summed E-state index contributed by atoms with van der Waals surface area (Å²) >= 11 is 5.93. The summed E-state index contributed by atoms with van der Waals surface area (Å²) in [5, 5.41) is 3.51. The molecule has 1 saturated heterocycles. The van der Waals surface area contributed by atoms with Crippen LogP contribution in [0.15, 0.2) is 24.3 Å². The fraction of sp³-hybridized carbons (Fsp3) is 0.529. The number of morpholine rings is 1. The van der Waals surface area contributed by atoms with Gasteiger partial charge in [0.2, 0.25) is 5.91 Å². The molecule has 1 N–H and O–H groups in total. The molecule has 0 spiro atoms. The normalized spacial score (nSPS) is 21.2. The summed E-state index contributed by atoms with van der Waals surface area (Å²) in [6.45, 7) is 1.38. The Morgan fingerprint density at radius 2 is 2.04 bits per heavy atom. The first-order valence-electron chi connectivity index (χ1n) is 7.95. The lowest BCUT2D eigenvalue weighted by atomic mass is 9.97. The summed E-state index contributed by atoms with van der Waals surface area (Å²) in [6, 6.07) is 6.67. The van der Waals surface area contributed by atoms with E-state index in [1.54, 1.807) is 24.1 Å². The van der Waals surface area contributed by atoms with Crippen LogP contribution in [0.3, 0.4) is 0 Å². The van der Waals surface area contributed by atoms with Crippen molar-refractivity contribution in [3.63, 3.8) is 0 Å². The van der Waals surface area contributed by atoms with Crippen LogP contribution in [0, 0.1) is 0 Å². The van der Waals surface area contributed by atoms with Crippen LogP contribution >= 0.6 is 11.6 Å². The van der Waals surface area contributed by atoms with Gasteiger partial charge in [-0.15, -0.1) is 0 Å². The first-order valence-corrected chi connectivity index (χ1v) is 8.33. The van der Waals surface area contributed by atoms with E-state index in [2.05, 4.69) is 10.2 Å². The molecule has 1 aliphatic rings.